The van der Waals surface area contributed by atoms with E-state index in [9.17, 15) is 14.4 Å². The van der Waals surface area contributed by atoms with Crippen molar-refractivity contribution in [3.8, 4) is 17.2 Å². The maximum absolute atomic E-state index is 12.6. The van der Waals surface area contributed by atoms with Crippen molar-refractivity contribution in [1.82, 2.24) is 10.2 Å². The standard InChI is InChI=1S/C22H17N3O7S3/c1-29-15-6-3-5-13(18(15)30-2)20(28)32-16-10-31-12(9-14(16)26)11-34-22-25-24-21(35-22)23-19(27)17-7-4-8-33-17/h3-10H,11H2,1-2H3,(H,23,24,27). The Morgan fingerprint density at radius 1 is 1.11 bits per heavy atom. The van der Waals surface area contributed by atoms with Gasteiger partial charge >= 0.3 is 5.97 Å². The second kappa shape index (κ2) is 11.2. The smallest absolute Gasteiger partial charge is 0.347 e. The van der Waals surface area contributed by atoms with E-state index in [0.29, 0.717) is 25.9 Å². The number of hydrogen-bond donors (Lipinski definition) is 1. The molecule has 0 unspecified atom stereocenters. The molecule has 0 atom stereocenters. The Morgan fingerprint density at radius 3 is 2.69 bits per heavy atom. The molecule has 1 aromatic carbocycles. The van der Waals surface area contributed by atoms with Crippen LogP contribution in [0.4, 0.5) is 5.13 Å². The summed E-state index contributed by atoms with van der Waals surface area (Å²) in [5, 5.41) is 12.8. The first-order chi connectivity index (χ1) is 17.0. The first-order valence-electron chi connectivity index (χ1n) is 9.84. The number of amides is 1. The third-order valence-electron chi connectivity index (χ3n) is 4.39. The fourth-order valence-corrected chi connectivity index (χ4v) is 5.07. The molecule has 13 heteroatoms. The van der Waals surface area contributed by atoms with Crippen molar-refractivity contribution in [1.29, 1.82) is 0 Å². The highest BCUT2D eigenvalue weighted by atomic mass is 32.2. The van der Waals surface area contributed by atoms with Gasteiger partial charge in [0.15, 0.2) is 15.8 Å². The largest absolute Gasteiger partial charge is 0.493 e. The predicted octanol–water partition coefficient (Wildman–Crippen LogP) is 4.33. The molecule has 35 heavy (non-hydrogen) atoms. The van der Waals surface area contributed by atoms with E-state index in [1.54, 1.807) is 24.3 Å². The molecule has 0 radical (unpaired) electrons. The van der Waals surface area contributed by atoms with Crippen LogP contribution in [-0.2, 0) is 5.75 Å². The normalized spacial score (nSPS) is 10.6. The number of nitrogens with one attached hydrogen (secondary N) is 1. The second-order valence-corrected chi connectivity index (χ2v) is 9.75. The molecule has 3 heterocycles. The number of carbonyl (C=O) groups excluding carboxylic acids is 2. The third-order valence-corrected chi connectivity index (χ3v) is 7.25. The van der Waals surface area contributed by atoms with Crippen molar-refractivity contribution in [3.63, 3.8) is 0 Å². The SMILES string of the molecule is COc1cccc(C(=O)Oc2coc(CSc3nnc(NC(=O)c4cccs4)s3)cc2=O)c1OC. The quantitative estimate of drug-likeness (QED) is 0.189. The monoisotopic (exact) mass is 531 g/mol. The summed E-state index contributed by atoms with van der Waals surface area (Å²) in [5.41, 5.74) is -0.424. The number of methoxy groups -OCH3 is 2. The van der Waals surface area contributed by atoms with E-state index >= 15 is 0 Å². The number of aromatic nitrogens is 2. The van der Waals surface area contributed by atoms with Crippen molar-refractivity contribution < 1.29 is 28.2 Å². The minimum Gasteiger partial charge on any atom is -0.493 e. The van der Waals surface area contributed by atoms with Crippen LogP contribution in [0.5, 0.6) is 17.2 Å². The first-order valence-corrected chi connectivity index (χ1v) is 12.5. The second-order valence-electron chi connectivity index (χ2n) is 6.60. The van der Waals surface area contributed by atoms with Crippen molar-refractivity contribution in [2.45, 2.75) is 10.1 Å². The lowest BCUT2D eigenvalue weighted by molar-refractivity contribution is 0.0724. The van der Waals surface area contributed by atoms with Crippen LogP contribution in [-0.4, -0.2) is 36.3 Å². The summed E-state index contributed by atoms with van der Waals surface area (Å²) < 4.78 is 21.6. The Labute approximate surface area is 210 Å². The van der Waals surface area contributed by atoms with Gasteiger partial charge in [0, 0.05) is 6.07 Å². The average Bonchev–Trinajstić information content (AvgIpc) is 3.56. The van der Waals surface area contributed by atoms with Crippen LogP contribution in [0.15, 0.2) is 61.6 Å². The van der Waals surface area contributed by atoms with E-state index in [2.05, 4.69) is 15.5 Å². The lowest BCUT2D eigenvalue weighted by Crippen LogP contribution is -2.15. The summed E-state index contributed by atoms with van der Waals surface area (Å²) in [5.74, 6) is -0.133. The van der Waals surface area contributed by atoms with Crippen LogP contribution >= 0.6 is 34.4 Å². The Balaban J connectivity index is 1.37. The number of anilines is 1. The van der Waals surface area contributed by atoms with E-state index in [4.69, 9.17) is 18.6 Å². The predicted molar refractivity (Wildman–Crippen MR) is 131 cm³/mol. The van der Waals surface area contributed by atoms with Crippen LogP contribution in [0.3, 0.4) is 0 Å². The molecule has 0 fully saturated rings. The van der Waals surface area contributed by atoms with Crippen molar-refractivity contribution in [2.75, 3.05) is 19.5 Å². The molecule has 1 amide bonds. The number of ether oxygens (including phenoxy) is 3. The lowest BCUT2D eigenvalue weighted by atomic mass is 10.2. The average molecular weight is 532 g/mol. The summed E-state index contributed by atoms with van der Waals surface area (Å²) in [4.78, 5) is 37.7. The van der Waals surface area contributed by atoms with Crippen LogP contribution in [0.2, 0.25) is 0 Å². The number of nitrogens with zero attached hydrogens (tertiary/aromatic N) is 2. The first kappa shape index (κ1) is 24.4. The van der Waals surface area contributed by atoms with Crippen molar-refractivity contribution in [2.24, 2.45) is 0 Å². The summed E-state index contributed by atoms with van der Waals surface area (Å²) in [6.07, 6.45) is 1.08. The highest BCUT2D eigenvalue weighted by Gasteiger charge is 2.20. The zero-order valence-corrected chi connectivity index (χ0v) is 20.8. The van der Waals surface area contributed by atoms with Gasteiger partial charge in [-0.3, -0.25) is 14.9 Å². The molecule has 180 valence electrons. The molecule has 0 aliphatic rings. The van der Waals surface area contributed by atoms with Gasteiger partial charge < -0.3 is 18.6 Å². The van der Waals surface area contributed by atoms with Gasteiger partial charge in [-0.05, 0) is 23.6 Å². The summed E-state index contributed by atoms with van der Waals surface area (Å²) in [7, 11) is 2.84. The summed E-state index contributed by atoms with van der Waals surface area (Å²) >= 11 is 3.81. The number of esters is 1. The van der Waals surface area contributed by atoms with Crippen molar-refractivity contribution >= 4 is 51.4 Å². The number of thiophene rings is 1. The van der Waals surface area contributed by atoms with Gasteiger partial charge in [-0.1, -0.05) is 35.2 Å². The number of hydrogen-bond acceptors (Lipinski definition) is 12. The Hall–Kier alpha value is -3.68. The molecule has 4 aromatic rings. The van der Waals surface area contributed by atoms with Gasteiger partial charge in [0.2, 0.25) is 16.3 Å². The van der Waals surface area contributed by atoms with E-state index in [1.165, 1.54) is 60.8 Å². The number of thioether (sulfide) groups is 1. The molecule has 0 aliphatic carbocycles. The van der Waals surface area contributed by atoms with E-state index in [0.717, 1.165) is 6.26 Å². The van der Waals surface area contributed by atoms with E-state index in [-0.39, 0.29) is 28.7 Å². The van der Waals surface area contributed by atoms with Crippen LogP contribution in [0.25, 0.3) is 0 Å². The molecule has 0 aliphatic heterocycles. The van der Waals surface area contributed by atoms with Gasteiger partial charge in [0.25, 0.3) is 5.91 Å². The summed E-state index contributed by atoms with van der Waals surface area (Å²) in [6, 6.07) is 9.47. The van der Waals surface area contributed by atoms with Crippen LogP contribution < -0.4 is 25.0 Å². The summed E-state index contributed by atoms with van der Waals surface area (Å²) in [6.45, 7) is 0. The fraction of sp³-hybridized carbons (Fsp3) is 0.136. The van der Waals surface area contributed by atoms with Gasteiger partial charge in [0.05, 0.1) is 24.8 Å². The molecule has 0 saturated heterocycles. The molecule has 10 nitrogen and oxygen atoms in total. The molecule has 0 spiro atoms. The maximum Gasteiger partial charge on any atom is 0.347 e. The molecular weight excluding hydrogens is 514 g/mol. The zero-order chi connectivity index (χ0) is 24.8. The Kier molecular flexibility index (Phi) is 7.80. The molecule has 0 bridgehead atoms. The van der Waals surface area contributed by atoms with E-state index in [1.807, 2.05) is 5.38 Å². The van der Waals surface area contributed by atoms with Crippen LogP contribution in [0.1, 0.15) is 25.8 Å². The fourth-order valence-electron chi connectivity index (χ4n) is 2.81. The minimum atomic E-state index is -0.791. The maximum atomic E-state index is 12.6. The Bertz CT molecular complexity index is 1400. The minimum absolute atomic E-state index is 0.101. The van der Waals surface area contributed by atoms with Gasteiger partial charge in [0.1, 0.15) is 17.6 Å². The number of carbonyl (C=O) groups is 2. The number of rotatable bonds is 9. The van der Waals surface area contributed by atoms with E-state index < -0.39 is 11.4 Å². The van der Waals surface area contributed by atoms with Gasteiger partial charge in [-0.2, -0.15) is 0 Å². The highest BCUT2D eigenvalue weighted by molar-refractivity contribution is 8.00. The zero-order valence-electron chi connectivity index (χ0n) is 18.3. The Morgan fingerprint density at radius 2 is 1.97 bits per heavy atom. The topological polar surface area (TPSA) is 130 Å². The number of benzene rings is 1. The molecule has 1 N–H and O–H groups in total. The molecule has 3 aromatic heterocycles. The van der Waals surface area contributed by atoms with Crippen LogP contribution in [0, 0.1) is 0 Å². The van der Waals surface area contributed by atoms with Gasteiger partial charge in [-0.15, -0.1) is 21.5 Å². The number of para-hydroxylation sites is 1. The molecule has 0 saturated carbocycles. The highest BCUT2D eigenvalue weighted by Crippen LogP contribution is 2.32. The lowest BCUT2D eigenvalue weighted by Gasteiger charge is -2.11. The van der Waals surface area contributed by atoms with Crippen molar-refractivity contribution in [3.05, 3.63) is 74.5 Å². The third kappa shape index (κ3) is 5.88. The molecular formula is C22H17N3O7S3. The van der Waals surface area contributed by atoms with Gasteiger partial charge in [-0.25, -0.2) is 4.79 Å². The molecule has 4 rings (SSSR count).